The largest absolute Gasteiger partial charge is 0.465 e. The summed E-state index contributed by atoms with van der Waals surface area (Å²) in [6.45, 7) is 7.13. The summed E-state index contributed by atoms with van der Waals surface area (Å²) in [6.07, 6.45) is 0. The van der Waals surface area contributed by atoms with E-state index in [0.29, 0.717) is 23.5 Å². The van der Waals surface area contributed by atoms with Crippen molar-refractivity contribution in [3.63, 3.8) is 0 Å². The molecule has 1 fully saturated rings. The second kappa shape index (κ2) is 8.43. The van der Waals surface area contributed by atoms with Crippen LogP contribution in [0.4, 0.5) is 0 Å². The van der Waals surface area contributed by atoms with Crippen molar-refractivity contribution >= 4 is 16.0 Å². The first-order chi connectivity index (χ1) is 13.3. The second-order valence-electron chi connectivity index (χ2n) is 7.29. The summed E-state index contributed by atoms with van der Waals surface area (Å²) in [7, 11) is -2.09. The highest BCUT2D eigenvalue weighted by atomic mass is 32.2. The minimum absolute atomic E-state index is 0.343. The van der Waals surface area contributed by atoms with Crippen LogP contribution in [-0.2, 0) is 21.3 Å². The summed E-state index contributed by atoms with van der Waals surface area (Å²) >= 11 is 0. The molecule has 0 atom stereocenters. The first-order valence-electron chi connectivity index (χ1n) is 9.39. The van der Waals surface area contributed by atoms with Gasteiger partial charge in [0, 0.05) is 5.56 Å². The van der Waals surface area contributed by atoms with Gasteiger partial charge in [0.2, 0.25) is 10.0 Å². The Kier molecular flexibility index (Phi) is 6.17. The minimum atomic E-state index is -3.46. The summed E-state index contributed by atoms with van der Waals surface area (Å²) < 4.78 is 32.3. The van der Waals surface area contributed by atoms with Crippen LogP contribution in [0.1, 0.15) is 27.0 Å². The van der Waals surface area contributed by atoms with Crippen LogP contribution < -0.4 is 4.90 Å². The zero-order chi connectivity index (χ0) is 20.3. The average Bonchev–Trinajstić information content (AvgIpc) is 2.68. The molecule has 150 valence electrons. The molecule has 0 unspecified atom stereocenters. The van der Waals surface area contributed by atoms with Gasteiger partial charge in [-0.2, -0.15) is 4.31 Å². The fourth-order valence-electron chi connectivity index (χ4n) is 3.61. The maximum atomic E-state index is 13.0. The number of benzene rings is 2. The number of carbonyl (C=O) groups excluding carboxylic acids is 1. The highest BCUT2D eigenvalue weighted by Crippen LogP contribution is 2.21. The van der Waals surface area contributed by atoms with Crippen LogP contribution in [0.2, 0.25) is 0 Å². The number of piperazine rings is 1. The number of ether oxygens (including phenoxy) is 1. The third kappa shape index (κ3) is 4.43. The Hall–Kier alpha value is -2.22. The van der Waals surface area contributed by atoms with Gasteiger partial charge in [-0.05, 0) is 37.6 Å². The van der Waals surface area contributed by atoms with Crippen molar-refractivity contribution in [3.05, 3.63) is 64.7 Å². The number of hydrogen-bond donors (Lipinski definition) is 1. The van der Waals surface area contributed by atoms with Crippen LogP contribution in [0.5, 0.6) is 0 Å². The van der Waals surface area contributed by atoms with Gasteiger partial charge in [0.15, 0.2) is 0 Å². The van der Waals surface area contributed by atoms with Crippen molar-refractivity contribution in [2.45, 2.75) is 25.3 Å². The molecular formula is C21H27N2O4S+. The lowest BCUT2D eigenvalue weighted by atomic mass is 10.1. The van der Waals surface area contributed by atoms with Gasteiger partial charge < -0.3 is 9.64 Å². The van der Waals surface area contributed by atoms with Crippen molar-refractivity contribution in [2.75, 3.05) is 33.3 Å². The van der Waals surface area contributed by atoms with Gasteiger partial charge in [-0.25, -0.2) is 13.2 Å². The summed E-state index contributed by atoms with van der Waals surface area (Å²) in [6, 6.07) is 12.9. The summed E-state index contributed by atoms with van der Waals surface area (Å²) in [4.78, 5) is 13.2. The Morgan fingerprint density at radius 1 is 1.07 bits per heavy atom. The van der Waals surface area contributed by atoms with Crippen molar-refractivity contribution in [2.24, 2.45) is 0 Å². The van der Waals surface area contributed by atoms with Crippen LogP contribution in [0.3, 0.4) is 0 Å². The molecule has 0 spiro atoms. The van der Waals surface area contributed by atoms with E-state index in [4.69, 9.17) is 4.74 Å². The molecule has 1 saturated heterocycles. The highest BCUT2D eigenvalue weighted by Gasteiger charge is 2.31. The van der Waals surface area contributed by atoms with E-state index in [0.717, 1.165) is 36.3 Å². The van der Waals surface area contributed by atoms with Crippen molar-refractivity contribution in [3.8, 4) is 0 Å². The molecule has 0 aromatic heterocycles. The zero-order valence-electron chi connectivity index (χ0n) is 16.6. The van der Waals surface area contributed by atoms with E-state index in [9.17, 15) is 13.2 Å². The van der Waals surface area contributed by atoms with Crippen LogP contribution in [0.25, 0.3) is 0 Å². The fraction of sp³-hybridized carbons (Fsp3) is 0.381. The highest BCUT2D eigenvalue weighted by molar-refractivity contribution is 7.89. The van der Waals surface area contributed by atoms with E-state index >= 15 is 0 Å². The molecule has 1 aliphatic rings. The molecular weight excluding hydrogens is 376 g/mol. The molecule has 1 heterocycles. The summed E-state index contributed by atoms with van der Waals surface area (Å²) in [5.74, 6) is -0.343. The van der Waals surface area contributed by atoms with E-state index in [2.05, 4.69) is 0 Å². The van der Waals surface area contributed by atoms with Gasteiger partial charge in [0.1, 0.15) is 6.54 Å². The Bertz CT molecular complexity index is 947. The van der Waals surface area contributed by atoms with Crippen molar-refractivity contribution in [1.29, 1.82) is 0 Å². The van der Waals surface area contributed by atoms with Gasteiger partial charge in [-0.1, -0.05) is 29.8 Å². The maximum Gasteiger partial charge on any atom is 0.337 e. The third-order valence-corrected chi connectivity index (χ3v) is 7.27. The molecule has 0 aliphatic carbocycles. The number of sulfonamides is 1. The molecule has 6 nitrogen and oxygen atoms in total. The van der Waals surface area contributed by atoms with E-state index < -0.39 is 10.0 Å². The lowest BCUT2D eigenvalue weighted by Gasteiger charge is -2.32. The van der Waals surface area contributed by atoms with Gasteiger partial charge >= 0.3 is 5.97 Å². The number of hydrogen-bond acceptors (Lipinski definition) is 4. The maximum absolute atomic E-state index is 13.0. The molecule has 7 heteroatoms. The van der Waals surface area contributed by atoms with Gasteiger partial charge in [-0.15, -0.1) is 0 Å². The number of nitrogens with zero attached hydrogens (tertiary/aromatic N) is 1. The van der Waals surface area contributed by atoms with Crippen LogP contribution in [0.15, 0.2) is 47.4 Å². The Labute approximate surface area is 166 Å². The second-order valence-corrected chi connectivity index (χ2v) is 9.19. The minimum Gasteiger partial charge on any atom is -0.465 e. The molecule has 28 heavy (non-hydrogen) atoms. The smallest absolute Gasteiger partial charge is 0.337 e. The average molecular weight is 404 g/mol. The first kappa shape index (κ1) is 20.5. The summed E-state index contributed by atoms with van der Waals surface area (Å²) in [5.41, 5.74) is 3.50. The van der Waals surface area contributed by atoms with E-state index in [1.54, 1.807) is 22.5 Å². The fourth-order valence-corrected chi connectivity index (χ4v) is 5.26. The van der Waals surface area contributed by atoms with E-state index in [-0.39, 0.29) is 5.97 Å². The van der Waals surface area contributed by atoms with Crippen molar-refractivity contribution in [1.82, 2.24) is 4.31 Å². The standard InChI is InChI=1S/C21H26N2O4S/c1-16-4-9-20(17(2)14-16)28(25,26)23-12-10-22(11-13-23)15-18-5-7-19(8-6-18)21(24)27-3/h4-9,14H,10-13,15H2,1-3H3/p+1. The monoisotopic (exact) mass is 403 g/mol. The lowest BCUT2D eigenvalue weighted by Crippen LogP contribution is -3.13. The SMILES string of the molecule is COC(=O)c1ccc(C[NH+]2CCN(S(=O)(=O)c3ccc(C)cc3C)CC2)cc1. The number of quaternary nitrogens is 1. The van der Waals surface area contributed by atoms with E-state index in [1.807, 2.05) is 38.1 Å². The number of rotatable bonds is 5. The quantitative estimate of drug-likeness (QED) is 0.762. The summed E-state index contributed by atoms with van der Waals surface area (Å²) in [5, 5.41) is 0. The molecule has 0 bridgehead atoms. The number of esters is 1. The van der Waals surface area contributed by atoms with E-state index in [1.165, 1.54) is 12.0 Å². The number of carbonyl (C=O) groups is 1. The topological polar surface area (TPSA) is 68.1 Å². The number of aryl methyl sites for hydroxylation is 2. The van der Waals surface area contributed by atoms with Crippen LogP contribution in [0, 0.1) is 13.8 Å². The normalized spacial score (nSPS) is 16.1. The third-order valence-electron chi connectivity index (χ3n) is 5.21. The Balaban J connectivity index is 1.62. The van der Waals surface area contributed by atoms with Gasteiger partial charge in [0.25, 0.3) is 0 Å². The Morgan fingerprint density at radius 2 is 1.71 bits per heavy atom. The molecule has 0 radical (unpaired) electrons. The molecule has 2 aromatic rings. The molecule has 1 N–H and O–H groups in total. The van der Waals surface area contributed by atoms with Gasteiger partial charge in [0.05, 0.1) is 43.7 Å². The first-order valence-corrected chi connectivity index (χ1v) is 10.8. The molecule has 0 saturated carbocycles. The van der Waals surface area contributed by atoms with Crippen molar-refractivity contribution < 1.29 is 22.8 Å². The van der Waals surface area contributed by atoms with Crippen LogP contribution >= 0.6 is 0 Å². The predicted octanol–water partition coefficient (Wildman–Crippen LogP) is 1.18. The zero-order valence-corrected chi connectivity index (χ0v) is 17.4. The molecule has 3 rings (SSSR count). The number of nitrogens with one attached hydrogen (secondary N) is 1. The van der Waals surface area contributed by atoms with Crippen LogP contribution in [-0.4, -0.2) is 52.0 Å². The number of methoxy groups -OCH3 is 1. The molecule has 0 amide bonds. The lowest BCUT2D eigenvalue weighted by molar-refractivity contribution is -0.917. The van der Waals surface area contributed by atoms with Gasteiger partial charge in [-0.3, -0.25) is 0 Å². The molecule has 2 aromatic carbocycles. The predicted molar refractivity (Wildman–Crippen MR) is 107 cm³/mol. The molecule has 1 aliphatic heterocycles. The Morgan fingerprint density at radius 3 is 2.29 bits per heavy atom.